The lowest BCUT2D eigenvalue weighted by atomic mass is 10.1. The third kappa shape index (κ3) is 2.88. The molecule has 1 aromatic heterocycles. The Bertz CT molecular complexity index is 542. The zero-order chi connectivity index (χ0) is 13.1. The quantitative estimate of drug-likeness (QED) is 0.927. The molecule has 2 aromatic rings. The maximum atomic E-state index is 13.5. The molecule has 0 saturated carbocycles. The van der Waals surface area contributed by atoms with Crippen LogP contribution in [0.2, 0.25) is 0 Å². The molecule has 1 heterocycles. The Hall–Kier alpha value is -1.40. The number of halogens is 2. The van der Waals surface area contributed by atoms with E-state index in [4.69, 9.17) is 0 Å². The van der Waals surface area contributed by atoms with E-state index >= 15 is 0 Å². The van der Waals surface area contributed by atoms with Crippen LogP contribution < -0.4 is 5.32 Å². The monoisotopic (exact) mass is 269 g/mol. The van der Waals surface area contributed by atoms with Gasteiger partial charge in [-0.2, -0.15) is 0 Å². The Morgan fingerprint density at radius 3 is 2.78 bits per heavy atom. The van der Waals surface area contributed by atoms with E-state index in [9.17, 15) is 8.78 Å². The highest BCUT2D eigenvalue weighted by molar-refractivity contribution is 7.11. The molecule has 0 aliphatic rings. The van der Waals surface area contributed by atoms with E-state index in [1.807, 2.05) is 6.92 Å². The van der Waals surface area contributed by atoms with Gasteiger partial charge >= 0.3 is 0 Å². The minimum Gasteiger partial charge on any atom is -0.304 e. The summed E-state index contributed by atoms with van der Waals surface area (Å²) >= 11 is 1.48. The summed E-state index contributed by atoms with van der Waals surface area (Å²) in [6.45, 7) is 4.14. The molecule has 0 radical (unpaired) electrons. The van der Waals surface area contributed by atoms with Crippen molar-refractivity contribution >= 4 is 11.3 Å². The van der Waals surface area contributed by atoms with Gasteiger partial charge in [-0.15, -0.1) is 21.5 Å². The molecule has 3 nitrogen and oxygen atoms in total. The number of benzene rings is 1. The van der Waals surface area contributed by atoms with Crippen LogP contribution in [-0.2, 0) is 6.54 Å². The van der Waals surface area contributed by atoms with Crippen molar-refractivity contribution < 1.29 is 8.78 Å². The van der Waals surface area contributed by atoms with E-state index in [-0.39, 0.29) is 6.04 Å². The molecule has 1 atom stereocenters. The SMILES string of the molecule is Cc1nnc(CN[C@H](C)c2cccc(F)c2F)s1. The Morgan fingerprint density at radius 2 is 2.11 bits per heavy atom. The molecule has 0 aliphatic heterocycles. The number of hydrogen-bond donors (Lipinski definition) is 1. The standard InChI is InChI=1S/C12H13F2N3S/c1-7(9-4-3-5-10(13)12(9)14)15-6-11-17-16-8(2)18-11/h3-5,7,15H,6H2,1-2H3/t7-/m1/s1. The molecular weight excluding hydrogens is 256 g/mol. The minimum absolute atomic E-state index is 0.287. The van der Waals surface area contributed by atoms with Crippen LogP contribution >= 0.6 is 11.3 Å². The average Bonchev–Trinajstić information content (AvgIpc) is 2.76. The molecule has 0 spiro atoms. The van der Waals surface area contributed by atoms with E-state index in [0.717, 1.165) is 16.1 Å². The largest absolute Gasteiger partial charge is 0.304 e. The minimum atomic E-state index is -0.826. The van der Waals surface area contributed by atoms with Crippen molar-refractivity contribution in [3.8, 4) is 0 Å². The van der Waals surface area contributed by atoms with Crippen molar-refractivity contribution in [1.82, 2.24) is 15.5 Å². The maximum absolute atomic E-state index is 13.5. The van der Waals surface area contributed by atoms with Crippen molar-refractivity contribution in [3.05, 3.63) is 45.4 Å². The molecule has 1 N–H and O–H groups in total. The summed E-state index contributed by atoms with van der Waals surface area (Å²) < 4.78 is 26.6. The highest BCUT2D eigenvalue weighted by Crippen LogP contribution is 2.19. The first-order valence-corrected chi connectivity index (χ1v) is 6.36. The van der Waals surface area contributed by atoms with Crippen LogP contribution in [0, 0.1) is 18.6 Å². The lowest BCUT2D eigenvalue weighted by molar-refractivity contribution is 0.472. The zero-order valence-corrected chi connectivity index (χ0v) is 10.9. The van der Waals surface area contributed by atoms with Gasteiger partial charge in [0.15, 0.2) is 11.6 Å². The molecular formula is C12H13F2N3S. The van der Waals surface area contributed by atoms with E-state index < -0.39 is 11.6 Å². The molecule has 0 bridgehead atoms. The molecule has 2 rings (SSSR count). The molecule has 0 saturated heterocycles. The highest BCUT2D eigenvalue weighted by Gasteiger charge is 2.14. The van der Waals surface area contributed by atoms with Gasteiger partial charge in [0, 0.05) is 11.6 Å². The summed E-state index contributed by atoms with van der Waals surface area (Å²) in [6.07, 6.45) is 0. The number of aryl methyl sites for hydroxylation is 1. The summed E-state index contributed by atoms with van der Waals surface area (Å²) in [5, 5.41) is 12.7. The van der Waals surface area contributed by atoms with Crippen LogP contribution in [0.25, 0.3) is 0 Å². The number of nitrogens with one attached hydrogen (secondary N) is 1. The molecule has 18 heavy (non-hydrogen) atoms. The third-order valence-corrected chi connectivity index (χ3v) is 3.41. The molecule has 0 unspecified atom stereocenters. The Kier molecular flexibility index (Phi) is 3.98. The fourth-order valence-corrected chi connectivity index (χ4v) is 2.27. The van der Waals surface area contributed by atoms with Gasteiger partial charge in [-0.3, -0.25) is 0 Å². The first-order chi connectivity index (χ1) is 8.58. The molecule has 1 aromatic carbocycles. The maximum Gasteiger partial charge on any atom is 0.163 e. The summed E-state index contributed by atoms with van der Waals surface area (Å²) in [6, 6.07) is 3.90. The smallest absolute Gasteiger partial charge is 0.163 e. The van der Waals surface area contributed by atoms with Gasteiger partial charge < -0.3 is 5.32 Å². The predicted molar refractivity (Wildman–Crippen MR) is 66.3 cm³/mol. The number of aromatic nitrogens is 2. The van der Waals surface area contributed by atoms with Crippen LogP contribution in [0.5, 0.6) is 0 Å². The van der Waals surface area contributed by atoms with Crippen molar-refractivity contribution in [2.24, 2.45) is 0 Å². The fourth-order valence-electron chi connectivity index (χ4n) is 1.61. The van der Waals surface area contributed by atoms with Crippen LogP contribution in [0.15, 0.2) is 18.2 Å². The Morgan fingerprint density at radius 1 is 1.33 bits per heavy atom. The summed E-state index contributed by atoms with van der Waals surface area (Å²) in [5.74, 6) is -1.63. The van der Waals surface area contributed by atoms with E-state index in [0.29, 0.717) is 12.1 Å². The molecule has 0 aliphatic carbocycles. The number of nitrogens with zero attached hydrogens (tertiary/aromatic N) is 2. The van der Waals surface area contributed by atoms with Crippen molar-refractivity contribution in [3.63, 3.8) is 0 Å². The van der Waals surface area contributed by atoms with E-state index in [1.165, 1.54) is 17.4 Å². The zero-order valence-electron chi connectivity index (χ0n) is 10.1. The van der Waals surface area contributed by atoms with Crippen LogP contribution in [0.4, 0.5) is 8.78 Å². The van der Waals surface area contributed by atoms with Crippen molar-refractivity contribution in [1.29, 1.82) is 0 Å². The van der Waals surface area contributed by atoms with Crippen LogP contribution in [0.1, 0.15) is 28.5 Å². The Balaban J connectivity index is 2.03. The van der Waals surface area contributed by atoms with Gasteiger partial charge in [0.1, 0.15) is 10.0 Å². The second-order valence-electron chi connectivity index (χ2n) is 3.96. The highest BCUT2D eigenvalue weighted by atomic mass is 32.1. The number of hydrogen-bond acceptors (Lipinski definition) is 4. The molecule has 0 fully saturated rings. The van der Waals surface area contributed by atoms with Crippen molar-refractivity contribution in [2.45, 2.75) is 26.4 Å². The van der Waals surface area contributed by atoms with E-state index in [1.54, 1.807) is 13.0 Å². The number of rotatable bonds is 4. The van der Waals surface area contributed by atoms with Gasteiger partial charge in [0.2, 0.25) is 0 Å². The summed E-state index contributed by atoms with van der Waals surface area (Å²) in [5.41, 5.74) is 0.316. The van der Waals surface area contributed by atoms with Gasteiger partial charge in [-0.05, 0) is 19.9 Å². The fraction of sp³-hybridized carbons (Fsp3) is 0.333. The normalized spacial score (nSPS) is 12.7. The average molecular weight is 269 g/mol. The van der Waals surface area contributed by atoms with Gasteiger partial charge in [-0.25, -0.2) is 8.78 Å². The van der Waals surface area contributed by atoms with Gasteiger partial charge in [-0.1, -0.05) is 12.1 Å². The lowest BCUT2D eigenvalue weighted by Crippen LogP contribution is -2.19. The first-order valence-electron chi connectivity index (χ1n) is 5.54. The summed E-state index contributed by atoms with van der Waals surface area (Å²) in [7, 11) is 0. The van der Waals surface area contributed by atoms with Crippen molar-refractivity contribution in [2.75, 3.05) is 0 Å². The predicted octanol–water partition coefficient (Wildman–Crippen LogP) is 2.98. The Labute approximate surface area is 108 Å². The molecule has 0 amide bonds. The third-order valence-electron chi connectivity index (χ3n) is 2.58. The molecule has 6 heteroatoms. The first kappa shape index (κ1) is 13.0. The second-order valence-corrected chi connectivity index (χ2v) is 5.23. The molecule has 96 valence electrons. The van der Waals surface area contributed by atoms with Gasteiger partial charge in [0.05, 0.1) is 6.54 Å². The van der Waals surface area contributed by atoms with Crippen LogP contribution in [-0.4, -0.2) is 10.2 Å². The summed E-state index contributed by atoms with van der Waals surface area (Å²) in [4.78, 5) is 0. The lowest BCUT2D eigenvalue weighted by Gasteiger charge is -2.14. The van der Waals surface area contributed by atoms with Gasteiger partial charge in [0.25, 0.3) is 0 Å². The topological polar surface area (TPSA) is 37.8 Å². The second kappa shape index (κ2) is 5.49. The van der Waals surface area contributed by atoms with E-state index in [2.05, 4.69) is 15.5 Å². The van der Waals surface area contributed by atoms with Crippen LogP contribution in [0.3, 0.4) is 0 Å².